The van der Waals surface area contributed by atoms with Gasteiger partial charge in [-0.2, -0.15) is 0 Å². The Morgan fingerprint density at radius 3 is 2.88 bits per heavy atom. The molecule has 3 N–H and O–H groups in total. The molecule has 2 atom stereocenters. The standard InChI is InChI=1S/C10H22N2O4S/c1-15-7-9(4-5-11)12-17(13,14)8-10-3-2-6-16-10/h9-10,12H,2-8,11H2,1H3. The average molecular weight is 266 g/mol. The van der Waals surface area contributed by atoms with Crippen molar-refractivity contribution < 1.29 is 17.9 Å². The van der Waals surface area contributed by atoms with E-state index in [4.69, 9.17) is 15.2 Å². The molecule has 7 heteroatoms. The normalized spacial score (nSPS) is 22.8. The molecule has 1 saturated heterocycles. The lowest BCUT2D eigenvalue weighted by atomic mass is 10.2. The van der Waals surface area contributed by atoms with Gasteiger partial charge in [0.1, 0.15) is 0 Å². The van der Waals surface area contributed by atoms with Crippen molar-refractivity contribution in [1.29, 1.82) is 0 Å². The van der Waals surface area contributed by atoms with E-state index in [1.165, 1.54) is 7.11 Å². The molecule has 1 aliphatic rings. The molecule has 0 spiro atoms. The van der Waals surface area contributed by atoms with E-state index in [-0.39, 0.29) is 17.9 Å². The predicted octanol–water partition coefficient (Wildman–Crippen LogP) is -0.551. The van der Waals surface area contributed by atoms with Crippen LogP contribution in [0.4, 0.5) is 0 Å². The fourth-order valence-electron chi connectivity index (χ4n) is 1.90. The summed E-state index contributed by atoms with van der Waals surface area (Å²) in [5.74, 6) is 0.0256. The Bertz CT molecular complexity index is 295. The maximum atomic E-state index is 11.9. The first-order valence-electron chi connectivity index (χ1n) is 5.88. The van der Waals surface area contributed by atoms with Gasteiger partial charge in [0.25, 0.3) is 0 Å². The quantitative estimate of drug-likeness (QED) is 0.615. The Labute approximate surface area is 103 Å². The van der Waals surface area contributed by atoms with Crippen LogP contribution in [-0.2, 0) is 19.5 Å². The van der Waals surface area contributed by atoms with Gasteiger partial charge in [0.2, 0.25) is 10.0 Å². The zero-order valence-corrected chi connectivity index (χ0v) is 11.0. The summed E-state index contributed by atoms with van der Waals surface area (Å²) in [6, 6.07) is -0.253. The van der Waals surface area contributed by atoms with Crippen molar-refractivity contribution in [3.05, 3.63) is 0 Å². The van der Waals surface area contributed by atoms with Crippen LogP contribution in [0, 0.1) is 0 Å². The smallest absolute Gasteiger partial charge is 0.214 e. The van der Waals surface area contributed by atoms with E-state index in [1.807, 2.05) is 0 Å². The summed E-state index contributed by atoms with van der Waals surface area (Å²) in [6.07, 6.45) is 2.14. The van der Waals surface area contributed by atoms with Crippen LogP contribution < -0.4 is 10.5 Å². The molecule has 17 heavy (non-hydrogen) atoms. The molecule has 102 valence electrons. The van der Waals surface area contributed by atoms with E-state index >= 15 is 0 Å². The molecule has 6 nitrogen and oxygen atoms in total. The highest BCUT2D eigenvalue weighted by atomic mass is 32.2. The van der Waals surface area contributed by atoms with Gasteiger partial charge < -0.3 is 15.2 Å². The molecule has 0 saturated carbocycles. The minimum absolute atomic E-state index is 0.0256. The second-order valence-corrected chi connectivity index (χ2v) is 6.06. The van der Waals surface area contributed by atoms with Crippen molar-refractivity contribution >= 4 is 10.0 Å². The second-order valence-electron chi connectivity index (χ2n) is 4.26. The highest BCUT2D eigenvalue weighted by Gasteiger charge is 2.25. The highest BCUT2D eigenvalue weighted by Crippen LogP contribution is 2.13. The number of sulfonamides is 1. The predicted molar refractivity (Wildman–Crippen MR) is 65.2 cm³/mol. The Hall–Kier alpha value is -0.210. The summed E-state index contributed by atoms with van der Waals surface area (Å²) in [6.45, 7) is 1.42. The van der Waals surface area contributed by atoms with E-state index in [2.05, 4.69) is 4.72 Å². The van der Waals surface area contributed by atoms with Gasteiger partial charge in [0.15, 0.2) is 0 Å². The zero-order valence-electron chi connectivity index (χ0n) is 10.2. The third-order valence-corrected chi connectivity index (χ3v) is 4.16. The molecule has 0 bridgehead atoms. The van der Waals surface area contributed by atoms with Gasteiger partial charge in [-0.15, -0.1) is 0 Å². The minimum Gasteiger partial charge on any atom is -0.383 e. The number of rotatable bonds is 8. The average Bonchev–Trinajstić information content (AvgIpc) is 2.69. The largest absolute Gasteiger partial charge is 0.383 e. The number of nitrogens with two attached hydrogens (primary N) is 1. The molecule has 0 aromatic carbocycles. The topological polar surface area (TPSA) is 90.6 Å². The van der Waals surface area contributed by atoms with Crippen molar-refractivity contribution in [2.45, 2.75) is 31.4 Å². The van der Waals surface area contributed by atoms with Crippen molar-refractivity contribution in [2.75, 3.05) is 32.6 Å². The van der Waals surface area contributed by atoms with Gasteiger partial charge in [-0.25, -0.2) is 13.1 Å². The first kappa shape index (κ1) is 14.8. The molecule has 1 aliphatic heterocycles. The molecule has 0 aromatic heterocycles. The molecule has 0 aliphatic carbocycles. The molecule has 1 heterocycles. The molecule has 0 radical (unpaired) electrons. The van der Waals surface area contributed by atoms with Crippen LogP contribution in [0.3, 0.4) is 0 Å². The van der Waals surface area contributed by atoms with Crippen LogP contribution in [0.15, 0.2) is 0 Å². The van der Waals surface area contributed by atoms with Crippen LogP contribution in [0.2, 0.25) is 0 Å². The molecule has 0 amide bonds. The fourth-order valence-corrected chi connectivity index (χ4v) is 3.44. The van der Waals surface area contributed by atoms with Gasteiger partial charge in [0, 0.05) is 19.8 Å². The summed E-state index contributed by atoms with van der Waals surface area (Å²) in [5.41, 5.74) is 5.43. The van der Waals surface area contributed by atoms with Gasteiger partial charge >= 0.3 is 0 Å². The first-order chi connectivity index (χ1) is 8.07. The molecule has 1 fully saturated rings. The number of methoxy groups -OCH3 is 1. The van der Waals surface area contributed by atoms with Gasteiger partial charge in [0.05, 0.1) is 18.5 Å². The monoisotopic (exact) mass is 266 g/mol. The van der Waals surface area contributed by atoms with Crippen molar-refractivity contribution in [2.24, 2.45) is 5.73 Å². The summed E-state index contributed by atoms with van der Waals surface area (Å²) in [4.78, 5) is 0. The third kappa shape index (κ3) is 5.78. The van der Waals surface area contributed by atoms with Crippen molar-refractivity contribution in [3.8, 4) is 0 Å². The van der Waals surface area contributed by atoms with Crippen molar-refractivity contribution in [1.82, 2.24) is 4.72 Å². The van der Waals surface area contributed by atoms with Gasteiger partial charge in [-0.05, 0) is 25.8 Å². The number of hydrogen-bond acceptors (Lipinski definition) is 5. The number of ether oxygens (including phenoxy) is 2. The Kier molecular flexibility index (Phi) is 6.35. The van der Waals surface area contributed by atoms with Gasteiger partial charge in [-0.3, -0.25) is 0 Å². The highest BCUT2D eigenvalue weighted by molar-refractivity contribution is 7.89. The third-order valence-electron chi connectivity index (χ3n) is 2.66. The summed E-state index contributed by atoms with van der Waals surface area (Å²) < 4.78 is 36.6. The second kappa shape index (κ2) is 7.27. The Morgan fingerprint density at radius 1 is 1.59 bits per heavy atom. The molecule has 0 aromatic rings. The van der Waals surface area contributed by atoms with E-state index in [0.29, 0.717) is 26.2 Å². The van der Waals surface area contributed by atoms with Crippen molar-refractivity contribution in [3.63, 3.8) is 0 Å². The first-order valence-corrected chi connectivity index (χ1v) is 7.53. The summed E-state index contributed by atoms with van der Waals surface area (Å²) in [5, 5.41) is 0. The van der Waals surface area contributed by atoms with Crippen LogP contribution in [-0.4, -0.2) is 53.2 Å². The molecule has 2 unspecified atom stereocenters. The van der Waals surface area contributed by atoms with Crippen LogP contribution in [0.5, 0.6) is 0 Å². The summed E-state index contributed by atoms with van der Waals surface area (Å²) >= 11 is 0. The number of hydrogen-bond donors (Lipinski definition) is 2. The maximum absolute atomic E-state index is 11.9. The minimum atomic E-state index is -3.32. The van der Waals surface area contributed by atoms with Crippen LogP contribution in [0.25, 0.3) is 0 Å². The zero-order chi connectivity index (χ0) is 12.7. The van der Waals surface area contributed by atoms with E-state index in [9.17, 15) is 8.42 Å². The van der Waals surface area contributed by atoms with Crippen LogP contribution in [0.1, 0.15) is 19.3 Å². The Morgan fingerprint density at radius 2 is 2.35 bits per heavy atom. The van der Waals surface area contributed by atoms with Gasteiger partial charge in [-0.1, -0.05) is 0 Å². The fraction of sp³-hybridized carbons (Fsp3) is 1.00. The number of nitrogens with one attached hydrogen (secondary N) is 1. The Balaban J connectivity index is 2.44. The van der Waals surface area contributed by atoms with Crippen LogP contribution >= 0.6 is 0 Å². The lowest BCUT2D eigenvalue weighted by Crippen LogP contribution is -2.42. The molecular weight excluding hydrogens is 244 g/mol. The van der Waals surface area contributed by atoms with E-state index in [1.54, 1.807) is 0 Å². The molecule has 1 rings (SSSR count). The lowest BCUT2D eigenvalue weighted by Gasteiger charge is -2.18. The SMILES string of the molecule is COCC(CCN)NS(=O)(=O)CC1CCCO1. The maximum Gasteiger partial charge on any atom is 0.214 e. The van der Waals surface area contributed by atoms with E-state index in [0.717, 1.165) is 12.8 Å². The lowest BCUT2D eigenvalue weighted by molar-refractivity contribution is 0.127. The summed E-state index contributed by atoms with van der Waals surface area (Å²) in [7, 11) is -1.78. The van der Waals surface area contributed by atoms with E-state index < -0.39 is 10.0 Å². The molecular formula is C10H22N2O4S.